The summed E-state index contributed by atoms with van der Waals surface area (Å²) in [5, 5.41) is 18.3. The van der Waals surface area contributed by atoms with Crippen LogP contribution in [0.4, 0.5) is 26.3 Å². The van der Waals surface area contributed by atoms with E-state index < -0.39 is 24.3 Å². The number of aryl methyl sites for hydroxylation is 2. The zero-order chi connectivity index (χ0) is 30.1. The lowest BCUT2D eigenvalue weighted by atomic mass is 10.1. The largest absolute Gasteiger partial charge is 0.490 e. The molecule has 40 heavy (non-hydrogen) atoms. The van der Waals surface area contributed by atoms with Crippen LogP contribution in [0.25, 0.3) is 0 Å². The van der Waals surface area contributed by atoms with Gasteiger partial charge in [0.15, 0.2) is 0 Å². The summed E-state index contributed by atoms with van der Waals surface area (Å²) in [5.41, 5.74) is 3.35. The molecule has 220 valence electrons. The van der Waals surface area contributed by atoms with Gasteiger partial charge in [0.1, 0.15) is 5.76 Å². The molecule has 3 aromatic rings. The van der Waals surface area contributed by atoms with Gasteiger partial charge in [0.05, 0.1) is 24.3 Å². The van der Waals surface area contributed by atoms with E-state index in [0.717, 1.165) is 37.6 Å². The summed E-state index contributed by atoms with van der Waals surface area (Å²) >= 11 is 0. The molecule has 0 fully saturated rings. The summed E-state index contributed by atoms with van der Waals surface area (Å²) < 4.78 is 76.9. The molecule has 0 aliphatic carbocycles. The van der Waals surface area contributed by atoms with Crippen LogP contribution in [0.5, 0.6) is 5.88 Å². The lowest BCUT2D eigenvalue weighted by Gasteiger charge is -2.23. The summed E-state index contributed by atoms with van der Waals surface area (Å²) in [4.78, 5) is 28.8. The van der Waals surface area contributed by atoms with E-state index in [0.29, 0.717) is 18.4 Å². The van der Waals surface area contributed by atoms with Gasteiger partial charge in [0.25, 0.3) is 0 Å². The van der Waals surface area contributed by atoms with Crippen LogP contribution in [-0.2, 0) is 29.2 Å². The topological polar surface area (TPSA) is 144 Å². The highest BCUT2D eigenvalue weighted by Gasteiger charge is 2.38. The Balaban J connectivity index is 0.000000333. The Morgan fingerprint density at radius 2 is 1.70 bits per heavy atom. The number of carbonyl (C=O) groups is 2. The van der Waals surface area contributed by atoms with Crippen molar-refractivity contribution in [2.24, 2.45) is 5.92 Å². The number of carboxylic acids is 2. The molecule has 0 spiro atoms. The van der Waals surface area contributed by atoms with Crippen LogP contribution >= 0.6 is 0 Å². The molecule has 4 rings (SSSR count). The van der Waals surface area contributed by atoms with Gasteiger partial charge in [-0.25, -0.2) is 19.6 Å². The molecule has 1 aliphatic rings. The van der Waals surface area contributed by atoms with Crippen molar-refractivity contribution in [2.75, 3.05) is 13.2 Å². The number of imidazole rings is 1. The number of alkyl halides is 6. The molecule has 0 saturated heterocycles. The fraction of sp³-hybridized carbons (Fsp3) is 0.435. The van der Waals surface area contributed by atoms with E-state index >= 15 is 0 Å². The fourth-order valence-corrected chi connectivity index (χ4v) is 3.45. The van der Waals surface area contributed by atoms with Crippen molar-refractivity contribution < 1.29 is 55.4 Å². The Kier molecular flexibility index (Phi) is 11.0. The van der Waals surface area contributed by atoms with Crippen LogP contribution in [0, 0.1) is 19.8 Å². The van der Waals surface area contributed by atoms with Crippen LogP contribution < -0.4 is 4.74 Å². The lowest BCUT2D eigenvalue weighted by Crippen LogP contribution is -2.31. The number of pyridine rings is 1. The van der Waals surface area contributed by atoms with Crippen molar-refractivity contribution in [2.45, 2.75) is 45.8 Å². The normalized spacial score (nSPS) is 15.4. The van der Waals surface area contributed by atoms with Crippen molar-refractivity contribution >= 4 is 11.9 Å². The molecule has 0 aromatic carbocycles. The lowest BCUT2D eigenvalue weighted by molar-refractivity contribution is -0.193. The number of nitrogens with zero attached hydrogens (tertiary/aromatic N) is 5. The predicted octanol–water partition coefficient (Wildman–Crippen LogP) is 3.86. The molecule has 17 heteroatoms. The molecule has 1 atom stereocenters. The van der Waals surface area contributed by atoms with Gasteiger partial charge in [-0.05, 0) is 19.9 Å². The third-order valence-corrected chi connectivity index (χ3v) is 5.31. The molecule has 11 nitrogen and oxygen atoms in total. The second kappa shape index (κ2) is 13.8. The number of ether oxygens (including phenoxy) is 1. The predicted molar refractivity (Wildman–Crippen MR) is 123 cm³/mol. The van der Waals surface area contributed by atoms with Crippen molar-refractivity contribution in [3.8, 4) is 5.88 Å². The van der Waals surface area contributed by atoms with Gasteiger partial charge >= 0.3 is 24.3 Å². The first kappa shape index (κ1) is 32.1. The molecule has 0 amide bonds. The number of halogens is 6. The Hall–Kier alpha value is -4.15. The van der Waals surface area contributed by atoms with E-state index in [9.17, 15) is 26.3 Å². The molecule has 0 radical (unpaired) electrons. The van der Waals surface area contributed by atoms with Crippen molar-refractivity contribution in [1.29, 1.82) is 0 Å². The van der Waals surface area contributed by atoms with Crippen LogP contribution in [0.1, 0.15) is 22.7 Å². The summed E-state index contributed by atoms with van der Waals surface area (Å²) in [7, 11) is 0. The van der Waals surface area contributed by atoms with Gasteiger partial charge in [-0.15, -0.1) is 0 Å². The van der Waals surface area contributed by atoms with Gasteiger partial charge < -0.3 is 24.0 Å². The molecule has 2 N–H and O–H groups in total. The van der Waals surface area contributed by atoms with E-state index in [2.05, 4.69) is 24.6 Å². The molecule has 4 heterocycles. The third-order valence-electron chi connectivity index (χ3n) is 5.31. The highest BCUT2D eigenvalue weighted by atomic mass is 19.4. The maximum Gasteiger partial charge on any atom is 0.490 e. The first-order chi connectivity index (χ1) is 18.6. The number of fused-ring (bicyclic) bond motifs is 1. The average Bonchev–Trinajstić information content (AvgIpc) is 3.38. The van der Waals surface area contributed by atoms with E-state index in [1.807, 2.05) is 44.6 Å². The minimum Gasteiger partial charge on any atom is -0.477 e. The number of rotatable bonds is 5. The molecule has 1 unspecified atom stereocenters. The zero-order valence-electron chi connectivity index (χ0n) is 21.1. The first-order valence-electron chi connectivity index (χ1n) is 11.3. The fourth-order valence-electron chi connectivity index (χ4n) is 3.45. The van der Waals surface area contributed by atoms with Gasteiger partial charge in [-0.3, -0.25) is 4.90 Å². The van der Waals surface area contributed by atoms with Crippen LogP contribution in [0.3, 0.4) is 0 Å². The maximum absolute atomic E-state index is 10.6. The monoisotopic (exact) mass is 581 g/mol. The molecular weight excluding hydrogens is 556 g/mol. The summed E-state index contributed by atoms with van der Waals surface area (Å²) in [6.07, 6.45) is -4.56. The molecular formula is C23H25F6N5O6. The van der Waals surface area contributed by atoms with Crippen LogP contribution in [0.15, 0.2) is 41.4 Å². The second-order valence-corrected chi connectivity index (χ2v) is 8.46. The van der Waals surface area contributed by atoms with Gasteiger partial charge in [-0.2, -0.15) is 26.3 Å². The number of hydrogen-bond donors (Lipinski definition) is 2. The minimum atomic E-state index is -5.08. The van der Waals surface area contributed by atoms with Gasteiger partial charge in [-0.1, -0.05) is 11.2 Å². The molecule has 0 saturated carbocycles. The van der Waals surface area contributed by atoms with E-state index in [-0.39, 0.29) is 0 Å². The smallest absolute Gasteiger partial charge is 0.477 e. The van der Waals surface area contributed by atoms with E-state index in [4.69, 9.17) is 29.1 Å². The SMILES string of the molecule is Cc1noc(C)c1CN1Cc2cncn2CC(COc2ccccn2)C1.O=C(O)C(F)(F)F.O=C(O)C(F)(F)F. The Labute approximate surface area is 223 Å². The van der Waals surface area contributed by atoms with Gasteiger partial charge in [0, 0.05) is 56.1 Å². The Morgan fingerprint density at radius 3 is 2.20 bits per heavy atom. The minimum absolute atomic E-state index is 0.341. The number of aliphatic carboxylic acids is 2. The van der Waals surface area contributed by atoms with E-state index in [1.54, 1.807) is 6.20 Å². The summed E-state index contributed by atoms with van der Waals surface area (Å²) in [5.74, 6) is -3.62. The number of hydrogen-bond acceptors (Lipinski definition) is 8. The van der Waals surface area contributed by atoms with Crippen molar-refractivity contribution in [1.82, 2.24) is 24.6 Å². The van der Waals surface area contributed by atoms with Crippen LogP contribution in [-0.4, -0.2) is 72.2 Å². The Bertz CT molecular complexity index is 1200. The number of aromatic nitrogens is 4. The van der Waals surface area contributed by atoms with Gasteiger partial charge in [0.2, 0.25) is 5.88 Å². The number of carboxylic acid groups (broad SMARTS) is 2. The maximum atomic E-state index is 10.6. The zero-order valence-corrected chi connectivity index (χ0v) is 21.1. The first-order valence-corrected chi connectivity index (χ1v) is 11.3. The molecule has 1 aliphatic heterocycles. The van der Waals surface area contributed by atoms with E-state index in [1.165, 1.54) is 11.3 Å². The molecule has 3 aromatic heterocycles. The second-order valence-electron chi connectivity index (χ2n) is 8.46. The standard InChI is InChI=1S/C19H23N5O2.2C2HF3O2/c1-14-18(15(2)26-22-14)11-23-8-16(9-24-13-20-7-17(24)10-23)12-25-19-5-3-4-6-21-19;2*3-2(4,5)1(6)7/h3-7,13,16H,8-12H2,1-2H3;2*(H,6,7). The summed E-state index contributed by atoms with van der Waals surface area (Å²) in [6.45, 7) is 8.07. The Morgan fingerprint density at radius 1 is 1.07 bits per heavy atom. The average molecular weight is 581 g/mol. The quantitative estimate of drug-likeness (QED) is 0.426. The highest BCUT2D eigenvalue weighted by molar-refractivity contribution is 5.73. The van der Waals surface area contributed by atoms with Crippen molar-refractivity contribution in [3.05, 3.63) is 59.6 Å². The van der Waals surface area contributed by atoms with Crippen LogP contribution in [0.2, 0.25) is 0 Å². The summed E-state index contributed by atoms with van der Waals surface area (Å²) in [6, 6.07) is 5.72. The van der Waals surface area contributed by atoms with Crippen molar-refractivity contribution in [3.63, 3.8) is 0 Å². The highest BCUT2D eigenvalue weighted by Crippen LogP contribution is 2.22. The third kappa shape index (κ3) is 10.2. The molecule has 0 bridgehead atoms.